The smallest absolute Gasteiger partial charge is 0.219 e. The summed E-state index contributed by atoms with van der Waals surface area (Å²) in [5.41, 5.74) is 5.62. The van der Waals surface area contributed by atoms with Gasteiger partial charge in [0.05, 0.1) is 0 Å². The Hall–Kier alpha value is -2.17. The van der Waals surface area contributed by atoms with Crippen LogP contribution in [-0.2, 0) is 4.79 Å². The van der Waals surface area contributed by atoms with Crippen LogP contribution in [0.15, 0.2) is 42.5 Å². The summed E-state index contributed by atoms with van der Waals surface area (Å²) in [4.78, 5) is 13.5. The Morgan fingerprint density at radius 3 is 2.33 bits per heavy atom. The van der Waals surface area contributed by atoms with Crippen LogP contribution in [0, 0.1) is 12.3 Å². The van der Waals surface area contributed by atoms with E-state index in [1.54, 1.807) is 13.0 Å². The zero-order valence-corrected chi connectivity index (χ0v) is 16.0. The highest BCUT2D eigenvalue weighted by Crippen LogP contribution is 2.64. The summed E-state index contributed by atoms with van der Waals surface area (Å²) in [7, 11) is 0. The van der Waals surface area contributed by atoms with Crippen molar-refractivity contribution in [2.24, 2.45) is 5.41 Å². The molecule has 1 heterocycles. The Bertz CT molecular complexity index is 848. The summed E-state index contributed by atoms with van der Waals surface area (Å²) in [6, 6.07) is 14.4. The number of piperidine rings is 1. The van der Waals surface area contributed by atoms with E-state index in [1.165, 1.54) is 12.0 Å². The molecule has 142 valence electrons. The van der Waals surface area contributed by atoms with Crippen molar-refractivity contribution in [1.29, 1.82) is 0 Å². The van der Waals surface area contributed by atoms with E-state index in [-0.39, 0.29) is 5.91 Å². The summed E-state index contributed by atoms with van der Waals surface area (Å²) in [5.74, 6) is 0.815. The predicted molar refractivity (Wildman–Crippen MR) is 105 cm³/mol. The van der Waals surface area contributed by atoms with Crippen molar-refractivity contribution in [2.75, 3.05) is 13.1 Å². The van der Waals surface area contributed by atoms with Gasteiger partial charge in [0.25, 0.3) is 0 Å². The first kappa shape index (κ1) is 18.2. The maximum Gasteiger partial charge on any atom is 0.219 e. The van der Waals surface area contributed by atoms with E-state index in [0.717, 1.165) is 42.6 Å². The first-order valence-corrected chi connectivity index (χ1v) is 9.72. The molecule has 0 aromatic heterocycles. The van der Waals surface area contributed by atoms with Gasteiger partial charge in [0.2, 0.25) is 5.91 Å². The highest BCUT2D eigenvalue weighted by molar-refractivity contribution is 5.73. The van der Waals surface area contributed by atoms with Crippen molar-refractivity contribution in [1.82, 2.24) is 4.90 Å². The summed E-state index contributed by atoms with van der Waals surface area (Å²) >= 11 is 0. The highest BCUT2D eigenvalue weighted by atomic mass is 16.5. The highest BCUT2D eigenvalue weighted by Gasteiger charge is 2.55. The topological polar surface area (TPSA) is 60.8 Å². The molecule has 1 saturated carbocycles. The molecule has 2 aromatic rings. The van der Waals surface area contributed by atoms with E-state index >= 15 is 0 Å². The third kappa shape index (κ3) is 3.40. The Labute approximate surface area is 160 Å². The fourth-order valence-electron chi connectivity index (χ4n) is 4.70. The molecular weight excluding hydrogens is 338 g/mol. The number of benzene rings is 2. The van der Waals surface area contributed by atoms with Crippen LogP contribution in [0.5, 0.6) is 0 Å². The van der Waals surface area contributed by atoms with Crippen molar-refractivity contribution in [3.05, 3.63) is 59.2 Å². The Morgan fingerprint density at radius 1 is 1.11 bits per heavy atom. The van der Waals surface area contributed by atoms with Crippen LogP contribution >= 0.6 is 0 Å². The van der Waals surface area contributed by atoms with Gasteiger partial charge in [0.1, 0.15) is 0 Å². The van der Waals surface area contributed by atoms with Gasteiger partial charge in [0.15, 0.2) is 6.29 Å². The molecule has 1 spiro atoms. The first-order valence-electron chi connectivity index (χ1n) is 9.72. The van der Waals surface area contributed by atoms with E-state index in [0.29, 0.717) is 16.9 Å². The van der Waals surface area contributed by atoms with Crippen molar-refractivity contribution in [3.63, 3.8) is 0 Å². The van der Waals surface area contributed by atoms with Gasteiger partial charge < -0.3 is 15.1 Å². The Balaban J connectivity index is 1.47. The number of amides is 1. The number of carbonyl (C=O) groups excluding carboxylic acids is 1. The Morgan fingerprint density at radius 2 is 1.78 bits per heavy atom. The minimum Gasteiger partial charge on any atom is -0.364 e. The molecule has 4 nitrogen and oxygen atoms in total. The van der Waals surface area contributed by atoms with Crippen molar-refractivity contribution < 1.29 is 15.0 Å². The van der Waals surface area contributed by atoms with Gasteiger partial charge in [-0.2, -0.15) is 0 Å². The summed E-state index contributed by atoms with van der Waals surface area (Å²) in [6.45, 7) is 5.45. The second-order valence-electron chi connectivity index (χ2n) is 8.20. The van der Waals surface area contributed by atoms with E-state index in [4.69, 9.17) is 0 Å². The van der Waals surface area contributed by atoms with E-state index in [2.05, 4.69) is 24.3 Å². The molecule has 2 N–H and O–H groups in total. The largest absolute Gasteiger partial charge is 0.364 e. The number of carbonyl (C=O) groups is 1. The predicted octanol–water partition coefficient (Wildman–Crippen LogP) is 3.76. The van der Waals surface area contributed by atoms with Crippen molar-refractivity contribution in [3.8, 4) is 11.1 Å². The maximum absolute atomic E-state index is 11.5. The molecule has 2 fully saturated rings. The fraction of sp³-hybridized carbons (Fsp3) is 0.435. The van der Waals surface area contributed by atoms with Crippen LogP contribution in [0.3, 0.4) is 0 Å². The van der Waals surface area contributed by atoms with Gasteiger partial charge in [-0.25, -0.2) is 0 Å². The van der Waals surface area contributed by atoms with Crippen LogP contribution in [0.25, 0.3) is 11.1 Å². The molecule has 0 bridgehead atoms. The Kier molecular flexibility index (Phi) is 4.57. The SMILES string of the molecule is CC(=O)N1CCC2(CC1)C[C@H]2c1ccc(-c2ccc(C(O)O)cc2C)cc1. The van der Waals surface area contributed by atoms with Gasteiger partial charge in [0, 0.05) is 25.6 Å². The lowest BCUT2D eigenvalue weighted by Crippen LogP contribution is -2.38. The summed E-state index contributed by atoms with van der Waals surface area (Å²) in [6.07, 6.45) is 2.03. The number of likely N-dealkylation sites (tertiary alicyclic amines) is 1. The van der Waals surface area contributed by atoms with Gasteiger partial charge in [-0.3, -0.25) is 4.79 Å². The number of aliphatic hydroxyl groups is 2. The third-order valence-electron chi connectivity index (χ3n) is 6.57. The van der Waals surface area contributed by atoms with E-state index < -0.39 is 6.29 Å². The number of aliphatic hydroxyl groups excluding tert-OH is 1. The summed E-state index contributed by atoms with van der Waals surface area (Å²) in [5, 5.41) is 18.6. The molecule has 1 atom stereocenters. The van der Waals surface area contributed by atoms with E-state index in [1.807, 2.05) is 24.0 Å². The third-order valence-corrected chi connectivity index (χ3v) is 6.57. The molecule has 2 aromatic carbocycles. The zero-order chi connectivity index (χ0) is 19.2. The van der Waals surface area contributed by atoms with Gasteiger partial charge >= 0.3 is 0 Å². The molecule has 4 rings (SSSR count). The zero-order valence-electron chi connectivity index (χ0n) is 16.0. The van der Waals surface area contributed by atoms with Crippen LogP contribution < -0.4 is 0 Å². The lowest BCUT2D eigenvalue weighted by atomic mass is 9.88. The first-order chi connectivity index (χ1) is 12.9. The molecular formula is C23H27NO3. The van der Waals surface area contributed by atoms with Crippen LogP contribution in [-0.4, -0.2) is 34.1 Å². The molecule has 1 aliphatic heterocycles. The van der Waals surface area contributed by atoms with Gasteiger partial charge in [-0.1, -0.05) is 42.5 Å². The van der Waals surface area contributed by atoms with Crippen LogP contribution in [0.1, 0.15) is 55.1 Å². The number of hydrogen-bond acceptors (Lipinski definition) is 3. The molecule has 4 heteroatoms. The molecule has 1 amide bonds. The van der Waals surface area contributed by atoms with Crippen molar-refractivity contribution >= 4 is 5.91 Å². The lowest BCUT2D eigenvalue weighted by Gasteiger charge is -2.32. The number of rotatable bonds is 3. The normalized spacial score (nSPS) is 20.9. The minimum atomic E-state index is -1.43. The molecule has 2 aliphatic rings. The fourth-order valence-corrected chi connectivity index (χ4v) is 4.70. The monoisotopic (exact) mass is 365 g/mol. The number of hydrogen-bond donors (Lipinski definition) is 2. The average molecular weight is 365 g/mol. The molecule has 27 heavy (non-hydrogen) atoms. The van der Waals surface area contributed by atoms with Crippen LogP contribution in [0.4, 0.5) is 0 Å². The van der Waals surface area contributed by atoms with E-state index in [9.17, 15) is 15.0 Å². The quantitative estimate of drug-likeness (QED) is 0.814. The standard InChI is InChI=1S/C23H27NO3/c1-15-13-19(22(26)27)7-8-20(15)17-3-5-18(6-4-17)21-14-23(21)9-11-24(12-10-23)16(2)25/h3-8,13,21-22,26-27H,9-12,14H2,1-2H3/t21-/m0/s1. The second kappa shape index (κ2) is 6.77. The van der Waals surface area contributed by atoms with Gasteiger partial charge in [-0.05, 0) is 59.8 Å². The molecule has 0 unspecified atom stereocenters. The number of nitrogens with zero attached hydrogens (tertiary/aromatic N) is 1. The van der Waals surface area contributed by atoms with Gasteiger partial charge in [-0.15, -0.1) is 0 Å². The molecule has 0 radical (unpaired) electrons. The minimum absolute atomic E-state index is 0.196. The average Bonchev–Trinajstić information content (AvgIpc) is 3.35. The number of aryl methyl sites for hydroxylation is 1. The van der Waals surface area contributed by atoms with Crippen LogP contribution in [0.2, 0.25) is 0 Å². The molecule has 1 saturated heterocycles. The van der Waals surface area contributed by atoms with Crippen molar-refractivity contribution in [2.45, 2.75) is 45.3 Å². The lowest BCUT2D eigenvalue weighted by molar-refractivity contribution is -0.130. The maximum atomic E-state index is 11.5. The molecule has 1 aliphatic carbocycles. The summed E-state index contributed by atoms with van der Waals surface area (Å²) < 4.78 is 0. The second-order valence-corrected chi connectivity index (χ2v) is 8.20.